The molecule has 10 heteroatoms. The summed E-state index contributed by atoms with van der Waals surface area (Å²) in [6, 6.07) is 9.31. The second-order valence-corrected chi connectivity index (χ2v) is 8.97. The number of benzene rings is 1. The molecule has 1 aliphatic heterocycles. The first-order valence-electron chi connectivity index (χ1n) is 11.3. The fraction of sp³-hybridized carbons (Fsp3) is 0.458. The second-order valence-electron chi connectivity index (χ2n) is 7.93. The van der Waals surface area contributed by atoms with Gasteiger partial charge in [-0.25, -0.2) is 9.18 Å². The number of ether oxygens (including phenoxy) is 2. The summed E-state index contributed by atoms with van der Waals surface area (Å²) in [4.78, 5) is 41.9. The van der Waals surface area contributed by atoms with Gasteiger partial charge >= 0.3 is 12.0 Å². The minimum atomic E-state index is -0.546. The van der Waals surface area contributed by atoms with Crippen LogP contribution in [0.2, 0.25) is 0 Å². The van der Waals surface area contributed by atoms with Crippen molar-refractivity contribution in [1.82, 2.24) is 15.1 Å². The Morgan fingerprint density at radius 2 is 1.97 bits per heavy atom. The second kappa shape index (κ2) is 13.0. The summed E-state index contributed by atoms with van der Waals surface area (Å²) in [6.45, 7) is 2.94. The third-order valence-electron chi connectivity index (χ3n) is 5.32. The summed E-state index contributed by atoms with van der Waals surface area (Å²) in [6.07, 6.45) is 1.53. The molecule has 0 radical (unpaired) electrons. The SMILES string of the molecule is CCOC(=O)CNC(=O)N(CC(=O)N(Cc1ccc(F)cc1)Cc1cccs1)CC1CCCO1. The first-order chi connectivity index (χ1) is 16.4. The summed E-state index contributed by atoms with van der Waals surface area (Å²) in [5.41, 5.74) is 0.781. The van der Waals surface area contributed by atoms with Crippen LogP contribution in [-0.2, 0) is 32.2 Å². The number of thiophene rings is 1. The van der Waals surface area contributed by atoms with Gasteiger partial charge in [0.25, 0.3) is 0 Å². The topological polar surface area (TPSA) is 88.2 Å². The number of carbonyl (C=O) groups excluding carboxylic acids is 3. The number of amides is 3. The van der Waals surface area contributed by atoms with Gasteiger partial charge in [-0.05, 0) is 48.9 Å². The Hall–Kier alpha value is -2.98. The Labute approximate surface area is 202 Å². The molecule has 1 atom stereocenters. The maximum Gasteiger partial charge on any atom is 0.325 e. The van der Waals surface area contributed by atoms with Crippen LogP contribution in [0.4, 0.5) is 9.18 Å². The van der Waals surface area contributed by atoms with Crippen molar-refractivity contribution in [2.45, 2.75) is 39.0 Å². The number of carbonyl (C=O) groups is 3. The van der Waals surface area contributed by atoms with E-state index in [9.17, 15) is 18.8 Å². The monoisotopic (exact) mass is 491 g/mol. The number of hydrogen-bond acceptors (Lipinski definition) is 6. The van der Waals surface area contributed by atoms with Crippen LogP contribution in [0.1, 0.15) is 30.2 Å². The molecule has 3 amide bonds. The fourth-order valence-corrected chi connectivity index (χ4v) is 4.34. The Morgan fingerprint density at radius 3 is 2.62 bits per heavy atom. The highest BCUT2D eigenvalue weighted by atomic mass is 32.1. The molecule has 1 unspecified atom stereocenters. The van der Waals surface area contributed by atoms with Gasteiger partial charge in [0.05, 0.1) is 19.3 Å². The first kappa shape index (κ1) is 25.6. The molecule has 2 heterocycles. The number of rotatable bonds is 11. The average Bonchev–Trinajstić information content (AvgIpc) is 3.52. The number of hydrogen-bond donors (Lipinski definition) is 1. The predicted octanol–water partition coefficient (Wildman–Crippen LogP) is 3.17. The summed E-state index contributed by atoms with van der Waals surface area (Å²) in [5.74, 6) is -1.15. The van der Waals surface area contributed by atoms with Crippen LogP contribution < -0.4 is 5.32 Å². The van der Waals surface area contributed by atoms with Crippen LogP contribution in [0.25, 0.3) is 0 Å². The van der Waals surface area contributed by atoms with Crippen molar-refractivity contribution in [2.75, 3.05) is 32.8 Å². The molecule has 1 N–H and O–H groups in total. The molecular weight excluding hydrogens is 461 g/mol. The summed E-state index contributed by atoms with van der Waals surface area (Å²) < 4.78 is 23.9. The minimum Gasteiger partial charge on any atom is -0.465 e. The van der Waals surface area contributed by atoms with Gasteiger partial charge in [0, 0.05) is 24.6 Å². The van der Waals surface area contributed by atoms with Crippen LogP contribution in [0, 0.1) is 5.82 Å². The van der Waals surface area contributed by atoms with E-state index in [1.807, 2.05) is 17.5 Å². The average molecular weight is 492 g/mol. The van der Waals surface area contributed by atoms with Crippen molar-refractivity contribution in [2.24, 2.45) is 0 Å². The van der Waals surface area contributed by atoms with E-state index in [1.54, 1.807) is 24.0 Å². The van der Waals surface area contributed by atoms with Crippen molar-refractivity contribution < 1.29 is 28.2 Å². The highest BCUT2D eigenvalue weighted by molar-refractivity contribution is 7.09. The lowest BCUT2D eigenvalue weighted by Gasteiger charge is -2.29. The van der Waals surface area contributed by atoms with Crippen LogP contribution in [0.15, 0.2) is 41.8 Å². The molecular formula is C24H30FN3O5S. The lowest BCUT2D eigenvalue weighted by atomic mass is 10.2. The summed E-state index contributed by atoms with van der Waals surface area (Å²) in [5, 5.41) is 4.47. The number of halogens is 1. The molecule has 0 saturated carbocycles. The van der Waals surface area contributed by atoms with Crippen LogP contribution >= 0.6 is 11.3 Å². The van der Waals surface area contributed by atoms with E-state index in [0.29, 0.717) is 13.2 Å². The smallest absolute Gasteiger partial charge is 0.325 e. The van der Waals surface area contributed by atoms with Crippen molar-refractivity contribution in [1.29, 1.82) is 0 Å². The molecule has 0 aliphatic carbocycles. The number of esters is 1. The van der Waals surface area contributed by atoms with Gasteiger partial charge in [-0.1, -0.05) is 18.2 Å². The van der Waals surface area contributed by atoms with Crippen LogP contribution in [0.5, 0.6) is 0 Å². The third kappa shape index (κ3) is 8.11. The maximum atomic E-state index is 13.4. The molecule has 1 aliphatic rings. The molecule has 1 fully saturated rings. The molecule has 8 nitrogen and oxygen atoms in total. The van der Waals surface area contributed by atoms with Crippen molar-refractivity contribution in [3.05, 3.63) is 58.0 Å². The molecule has 0 bridgehead atoms. The molecule has 2 aromatic rings. The summed E-state index contributed by atoms with van der Waals surface area (Å²) in [7, 11) is 0. The Bertz CT molecular complexity index is 933. The molecule has 1 saturated heterocycles. The summed E-state index contributed by atoms with van der Waals surface area (Å²) >= 11 is 1.53. The number of nitrogens with zero attached hydrogens (tertiary/aromatic N) is 2. The maximum absolute atomic E-state index is 13.4. The van der Waals surface area contributed by atoms with Gasteiger partial charge in [-0.2, -0.15) is 0 Å². The lowest BCUT2D eigenvalue weighted by molar-refractivity contribution is -0.141. The normalized spacial score (nSPS) is 15.1. The molecule has 1 aromatic heterocycles. The van der Waals surface area contributed by atoms with Crippen molar-refractivity contribution in [3.63, 3.8) is 0 Å². The standard InChI is InChI=1S/C24H30FN3O5S/c1-2-32-23(30)13-26-24(31)28(15-20-5-3-11-33-20)17-22(29)27(16-21-6-4-12-34-21)14-18-7-9-19(25)10-8-18/h4,6-10,12,20H,2-3,5,11,13-17H2,1H3,(H,26,31). The largest absolute Gasteiger partial charge is 0.465 e. The van der Waals surface area contributed by atoms with E-state index in [2.05, 4.69) is 5.32 Å². The fourth-order valence-electron chi connectivity index (χ4n) is 3.62. The van der Waals surface area contributed by atoms with Gasteiger partial charge in [0.15, 0.2) is 0 Å². The molecule has 34 heavy (non-hydrogen) atoms. The van der Waals surface area contributed by atoms with E-state index in [4.69, 9.17) is 9.47 Å². The molecule has 184 valence electrons. The quantitative estimate of drug-likeness (QED) is 0.488. The van der Waals surface area contributed by atoms with E-state index in [-0.39, 0.29) is 50.6 Å². The Kier molecular flexibility index (Phi) is 9.84. The minimum absolute atomic E-state index is 0.163. The molecule has 3 rings (SSSR count). The number of nitrogens with one attached hydrogen (secondary N) is 1. The zero-order chi connectivity index (χ0) is 24.3. The van der Waals surface area contributed by atoms with Crippen molar-refractivity contribution in [3.8, 4) is 0 Å². The van der Waals surface area contributed by atoms with Gasteiger partial charge in [0.1, 0.15) is 18.9 Å². The molecule has 1 aromatic carbocycles. The van der Waals surface area contributed by atoms with Crippen molar-refractivity contribution >= 4 is 29.2 Å². The Balaban J connectivity index is 1.71. The van der Waals surface area contributed by atoms with Crippen LogP contribution in [-0.4, -0.2) is 66.7 Å². The van der Waals surface area contributed by atoms with E-state index < -0.39 is 12.0 Å². The van der Waals surface area contributed by atoms with Gasteiger partial charge in [-0.3, -0.25) is 9.59 Å². The van der Waals surface area contributed by atoms with Crippen LogP contribution in [0.3, 0.4) is 0 Å². The van der Waals surface area contributed by atoms with E-state index in [0.717, 1.165) is 23.3 Å². The van der Waals surface area contributed by atoms with Gasteiger partial charge in [0.2, 0.25) is 5.91 Å². The zero-order valence-corrected chi connectivity index (χ0v) is 20.0. The predicted molar refractivity (Wildman–Crippen MR) is 126 cm³/mol. The Morgan fingerprint density at radius 1 is 1.18 bits per heavy atom. The highest BCUT2D eigenvalue weighted by Gasteiger charge is 2.27. The number of urea groups is 1. The van der Waals surface area contributed by atoms with Gasteiger partial charge in [-0.15, -0.1) is 11.3 Å². The first-order valence-corrected chi connectivity index (χ1v) is 12.2. The lowest BCUT2D eigenvalue weighted by Crippen LogP contribution is -2.49. The third-order valence-corrected chi connectivity index (χ3v) is 6.18. The van der Waals surface area contributed by atoms with E-state index in [1.165, 1.54) is 28.4 Å². The zero-order valence-electron chi connectivity index (χ0n) is 19.2. The highest BCUT2D eigenvalue weighted by Crippen LogP contribution is 2.17. The molecule has 0 spiro atoms. The van der Waals surface area contributed by atoms with E-state index >= 15 is 0 Å². The van der Waals surface area contributed by atoms with Gasteiger partial charge < -0.3 is 24.6 Å².